The SMILES string of the molecule is CCNC(C)c1ccc(Oc2ccc([N+](=O)[O-])cc2)cc1. The van der Waals surface area contributed by atoms with Crippen LogP contribution in [0.4, 0.5) is 5.69 Å². The fourth-order valence-electron chi connectivity index (χ4n) is 2.02. The minimum absolute atomic E-state index is 0.0529. The fourth-order valence-corrected chi connectivity index (χ4v) is 2.02. The summed E-state index contributed by atoms with van der Waals surface area (Å²) < 4.78 is 5.66. The van der Waals surface area contributed by atoms with Crippen LogP contribution in [-0.2, 0) is 0 Å². The molecule has 0 amide bonds. The molecule has 1 unspecified atom stereocenters. The zero-order valence-electron chi connectivity index (χ0n) is 12.1. The molecule has 1 N–H and O–H groups in total. The first-order valence-corrected chi connectivity index (χ1v) is 6.86. The zero-order valence-corrected chi connectivity index (χ0v) is 12.1. The van der Waals surface area contributed by atoms with E-state index in [0.717, 1.165) is 6.54 Å². The molecule has 0 radical (unpaired) electrons. The molecule has 0 saturated heterocycles. The lowest BCUT2D eigenvalue weighted by molar-refractivity contribution is -0.384. The topological polar surface area (TPSA) is 64.4 Å². The van der Waals surface area contributed by atoms with Gasteiger partial charge in [-0.05, 0) is 43.3 Å². The summed E-state index contributed by atoms with van der Waals surface area (Å²) >= 11 is 0. The Bertz CT molecular complexity index is 594. The van der Waals surface area contributed by atoms with Crippen molar-refractivity contribution < 1.29 is 9.66 Å². The minimum Gasteiger partial charge on any atom is -0.457 e. The van der Waals surface area contributed by atoms with Gasteiger partial charge in [0.25, 0.3) is 5.69 Å². The van der Waals surface area contributed by atoms with Crippen LogP contribution < -0.4 is 10.1 Å². The van der Waals surface area contributed by atoms with E-state index in [1.54, 1.807) is 12.1 Å². The molecule has 0 heterocycles. The molecule has 0 aromatic heterocycles. The van der Waals surface area contributed by atoms with Crippen molar-refractivity contribution in [1.29, 1.82) is 0 Å². The lowest BCUT2D eigenvalue weighted by atomic mass is 10.1. The van der Waals surface area contributed by atoms with Crippen molar-refractivity contribution in [2.45, 2.75) is 19.9 Å². The lowest BCUT2D eigenvalue weighted by Gasteiger charge is -2.13. The van der Waals surface area contributed by atoms with Gasteiger partial charge in [0.05, 0.1) is 4.92 Å². The molecule has 21 heavy (non-hydrogen) atoms. The second-order valence-electron chi connectivity index (χ2n) is 4.70. The number of nitrogens with one attached hydrogen (secondary N) is 1. The quantitative estimate of drug-likeness (QED) is 0.642. The molecule has 0 aliphatic heterocycles. The van der Waals surface area contributed by atoms with Gasteiger partial charge < -0.3 is 10.1 Å². The van der Waals surface area contributed by atoms with E-state index in [1.807, 2.05) is 24.3 Å². The van der Waals surface area contributed by atoms with Crippen LogP contribution in [-0.4, -0.2) is 11.5 Å². The summed E-state index contributed by atoms with van der Waals surface area (Å²) in [5.74, 6) is 1.28. The summed E-state index contributed by atoms with van der Waals surface area (Å²) in [6, 6.07) is 14.1. The first kappa shape index (κ1) is 15.0. The average Bonchev–Trinajstić information content (AvgIpc) is 2.49. The number of nitrogens with zero attached hydrogens (tertiary/aromatic N) is 1. The molecule has 2 rings (SSSR count). The zero-order chi connectivity index (χ0) is 15.2. The molecule has 110 valence electrons. The van der Waals surface area contributed by atoms with Gasteiger partial charge >= 0.3 is 0 Å². The number of hydrogen-bond donors (Lipinski definition) is 1. The van der Waals surface area contributed by atoms with Crippen molar-refractivity contribution in [3.63, 3.8) is 0 Å². The van der Waals surface area contributed by atoms with Crippen molar-refractivity contribution >= 4 is 5.69 Å². The predicted molar refractivity (Wildman–Crippen MR) is 81.7 cm³/mol. The van der Waals surface area contributed by atoms with Crippen LogP contribution in [0.15, 0.2) is 48.5 Å². The van der Waals surface area contributed by atoms with Crippen LogP contribution in [0.5, 0.6) is 11.5 Å². The molecule has 0 bridgehead atoms. The van der Waals surface area contributed by atoms with Crippen LogP contribution in [0.3, 0.4) is 0 Å². The van der Waals surface area contributed by atoms with Crippen LogP contribution in [0.25, 0.3) is 0 Å². The summed E-state index contributed by atoms with van der Waals surface area (Å²) in [4.78, 5) is 10.2. The summed E-state index contributed by atoms with van der Waals surface area (Å²) in [5.41, 5.74) is 1.24. The maximum absolute atomic E-state index is 10.6. The normalized spacial score (nSPS) is 11.9. The van der Waals surface area contributed by atoms with E-state index in [4.69, 9.17) is 4.74 Å². The molecule has 0 aliphatic carbocycles. The Morgan fingerprint density at radius 3 is 2.10 bits per heavy atom. The predicted octanol–water partition coefficient (Wildman–Crippen LogP) is 4.06. The fraction of sp³-hybridized carbons (Fsp3) is 0.250. The summed E-state index contributed by atoms with van der Waals surface area (Å²) in [5, 5.41) is 13.9. The van der Waals surface area contributed by atoms with Crippen molar-refractivity contribution in [3.05, 3.63) is 64.2 Å². The Balaban J connectivity index is 2.04. The molecule has 0 aliphatic rings. The van der Waals surface area contributed by atoms with Gasteiger partial charge in [-0.25, -0.2) is 0 Å². The van der Waals surface area contributed by atoms with Crippen molar-refractivity contribution in [1.82, 2.24) is 5.32 Å². The summed E-state index contributed by atoms with van der Waals surface area (Å²) in [6.45, 7) is 5.10. The maximum atomic E-state index is 10.6. The number of non-ortho nitro benzene ring substituents is 1. The van der Waals surface area contributed by atoms with Gasteiger partial charge in [-0.15, -0.1) is 0 Å². The van der Waals surface area contributed by atoms with Gasteiger partial charge in [-0.1, -0.05) is 19.1 Å². The highest BCUT2D eigenvalue weighted by Crippen LogP contribution is 2.25. The van der Waals surface area contributed by atoms with Crippen molar-refractivity contribution in [2.75, 3.05) is 6.54 Å². The first-order valence-electron chi connectivity index (χ1n) is 6.86. The van der Waals surface area contributed by atoms with Gasteiger partial charge in [0.2, 0.25) is 0 Å². The Labute approximate surface area is 123 Å². The van der Waals surface area contributed by atoms with Crippen LogP contribution in [0.1, 0.15) is 25.5 Å². The molecule has 5 nitrogen and oxygen atoms in total. The number of hydrogen-bond acceptors (Lipinski definition) is 4. The Kier molecular flexibility index (Phi) is 4.90. The van der Waals surface area contributed by atoms with Crippen LogP contribution in [0, 0.1) is 10.1 Å². The minimum atomic E-state index is -0.430. The molecule has 2 aromatic carbocycles. The third kappa shape index (κ3) is 4.03. The first-order chi connectivity index (χ1) is 10.1. The number of nitro benzene ring substituents is 1. The average molecular weight is 286 g/mol. The molecule has 1 atom stereocenters. The highest BCUT2D eigenvalue weighted by molar-refractivity contribution is 5.39. The molecule has 0 fully saturated rings. The monoisotopic (exact) mass is 286 g/mol. The van der Waals surface area contributed by atoms with E-state index in [-0.39, 0.29) is 5.69 Å². The van der Waals surface area contributed by atoms with E-state index in [9.17, 15) is 10.1 Å². The van der Waals surface area contributed by atoms with Crippen LogP contribution in [0.2, 0.25) is 0 Å². The van der Waals surface area contributed by atoms with Crippen molar-refractivity contribution in [3.8, 4) is 11.5 Å². The van der Waals surface area contributed by atoms with E-state index in [2.05, 4.69) is 19.2 Å². The lowest BCUT2D eigenvalue weighted by Crippen LogP contribution is -2.17. The highest BCUT2D eigenvalue weighted by atomic mass is 16.6. The standard InChI is InChI=1S/C16H18N2O3/c1-3-17-12(2)13-4-8-15(9-5-13)21-16-10-6-14(7-11-16)18(19)20/h4-12,17H,3H2,1-2H3. The maximum Gasteiger partial charge on any atom is 0.269 e. The van der Waals surface area contributed by atoms with Gasteiger partial charge in [0.15, 0.2) is 0 Å². The highest BCUT2D eigenvalue weighted by Gasteiger charge is 2.06. The molecule has 0 saturated carbocycles. The Morgan fingerprint density at radius 1 is 1.10 bits per heavy atom. The molecular weight excluding hydrogens is 268 g/mol. The van der Waals surface area contributed by atoms with E-state index < -0.39 is 4.92 Å². The summed E-state index contributed by atoms with van der Waals surface area (Å²) in [6.07, 6.45) is 0. The third-order valence-electron chi connectivity index (χ3n) is 3.17. The van der Waals surface area contributed by atoms with Crippen molar-refractivity contribution in [2.24, 2.45) is 0 Å². The Morgan fingerprint density at radius 2 is 1.62 bits per heavy atom. The smallest absolute Gasteiger partial charge is 0.269 e. The van der Waals surface area contributed by atoms with Gasteiger partial charge in [-0.2, -0.15) is 0 Å². The molecule has 2 aromatic rings. The molecule has 5 heteroatoms. The molecule has 0 spiro atoms. The van der Waals surface area contributed by atoms with Gasteiger partial charge in [0, 0.05) is 18.2 Å². The second kappa shape index (κ2) is 6.85. The number of ether oxygens (including phenoxy) is 1. The second-order valence-corrected chi connectivity index (χ2v) is 4.70. The number of nitro groups is 1. The van der Waals surface area contributed by atoms with E-state index in [1.165, 1.54) is 17.7 Å². The number of rotatable bonds is 6. The Hall–Kier alpha value is -2.40. The summed E-state index contributed by atoms with van der Waals surface area (Å²) in [7, 11) is 0. The largest absolute Gasteiger partial charge is 0.457 e. The van der Waals surface area contributed by atoms with E-state index >= 15 is 0 Å². The molecular formula is C16H18N2O3. The van der Waals surface area contributed by atoms with E-state index in [0.29, 0.717) is 17.5 Å². The van der Waals surface area contributed by atoms with Gasteiger partial charge in [-0.3, -0.25) is 10.1 Å². The van der Waals surface area contributed by atoms with Crippen LogP contribution >= 0.6 is 0 Å². The van der Waals surface area contributed by atoms with Gasteiger partial charge in [0.1, 0.15) is 11.5 Å². The number of benzene rings is 2. The third-order valence-corrected chi connectivity index (χ3v) is 3.17.